The Bertz CT molecular complexity index is 657. The lowest BCUT2D eigenvalue weighted by molar-refractivity contribution is 0.631. The number of nitrogens with zero attached hydrogens (tertiary/aromatic N) is 3. The Morgan fingerprint density at radius 1 is 1.47 bits per heavy atom. The highest BCUT2D eigenvalue weighted by Gasteiger charge is 2.14. The van der Waals surface area contributed by atoms with Crippen molar-refractivity contribution in [1.29, 1.82) is 0 Å². The van der Waals surface area contributed by atoms with Gasteiger partial charge in [0.05, 0.1) is 17.5 Å². The van der Waals surface area contributed by atoms with Crippen molar-refractivity contribution in [1.82, 2.24) is 19.7 Å². The zero-order chi connectivity index (χ0) is 14.2. The van der Waals surface area contributed by atoms with Gasteiger partial charge in [-0.05, 0) is 35.2 Å². The molecule has 19 heavy (non-hydrogen) atoms. The molecule has 0 saturated carbocycles. The maximum Gasteiger partial charge on any atom is 0.265 e. The molecule has 2 rings (SSSR count). The van der Waals surface area contributed by atoms with Crippen molar-refractivity contribution in [3.05, 3.63) is 32.4 Å². The predicted octanol–water partition coefficient (Wildman–Crippen LogP) is 2.44. The van der Waals surface area contributed by atoms with Crippen LogP contribution in [0.3, 0.4) is 0 Å². The van der Waals surface area contributed by atoms with Gasteiger partial charge in [0, 0.05) is 12.7 Å². The second-order valence-electron chi connectivity index (χ2n) is 5.04. The topological polar surface area (TPSA) is 63.6 Å². The molecule has 2 aromatic rings. The highest BCUT2D eigenvalue weighted by atomic mass is 79.9. The van der Waals surface area contributed by atoms with E-state index in [4.69, 9.17) is 0 Å². The number of hydrogen-bond acceptors (Lipinski definition) is 3. The smallest absolute Gasteiger partial charge is 0.265 e. The molecule has 0 spiro atoms. The second-order valence-corrected chi connectivity index (χ2v) is 5.83. The van der Waals surface area contributed by atoms with Gasteiger partial charge in [0.2, 0.25) is 0 Å². The quantitative estimate of drug-likeness (QED) is 0.943. The van der Waals surface area contributed by atoms with Gasteiger partial charge >= 0.3 is 0 Å². The zero-order valence-electron chi connectivity index (χ0n) is 11.5. The van der Waals surface area contributed by atoms with Crippen molar-refractivity contribution in [2.24, 2.45) is 13.0 Å². The number of aromatic nitrogens is 4. The number of nitrogens with one attached hydrogen (secondary N) is 1. The number of hydrogen-bond donors (Lipinski definition) is 1. The van der Waals surface area contributed by atoms with E-state index in [1.165, 1.54) is 0 Å². The van der Waals surface area contributed by atoms with Crippen molar-refractivity contribution in [3.63, 3.8) is 0 Å². The summed E-state index contributed by atoms with van der Waals surface area (Å²) in [7, 11) is 1.87. The summed E-state index contributed by atoms with van der Waals surface area (Å²) >= 11 is 3.31. The van der Waals surface area contributed by atoms with E-state index >= 15 is 0 Å². The lowest BCUT2D eigenvalue weighted by atomic mass is 10.1. The van der Waals surface area contributed by atoms with Crippen LogP contribution in [0.2, 0.25) is 0 Å². The minimum Gasteiger partial charge on any atom is -0.305 e. The summed E-state index contributed by atoms with van der Waals surface area (Å²) in [5.41, 5.74) is 2.47. The maximum absolute atomic E-state index is 12.0. The zero-order valence-corrected chi connectivity index (χ0v) is 13.1. The monoisotopic (exact) mass is 324 g/mol. The molecule has 0 unspecified atom stereocenters. The minimum atomic E-state index is -0.149. The van der Waals surface area contributed by atoms with E-state index in [0.717, 1.165) is 23.4 Å². The first-order valence-corrected chi connectivity index (χ1v) is 6.97. The first-order valence-electron chi connectivity index (χ1n) is 6.17. The maximum atomic E-state index is 12.0. The summed E-state index contributed by atoms with van der Waals surface area (Å²) in [5, 5.41) is 4.18. The molecule has 2 aromatic heterocycles. The van der Waals surface area contributed by atoms with E-state index in [1.807, 2.05) is 14.0 Å². The fraction of sp³-hybridized carbons (Fsp3) is 0.462. The Morgan fingerprint density at radius 2 is 2.16 bits per heavy atom. The molecular weight excluding hydrogens is 308 g/mol. The van der Waals surface area contributed by atoms with Gasteiger partial charge < -0.3 is 4.98 Å². The Labute approximate surface area is 120 Å². The lowest BCUT2D eigenvalue weighted by Gasteiger charge is -2.08. The Morgan fingerprint density at radius 3 is 2.68 bits per heavy atom. The highest BCUT2D eigenvalue weighted by molar-refractivity contribution is 9.10. The van der Waals surface area contributed by atoms with Crippen molar-refractivity contribution in [2.75, 3.05) is 0 Å². The van der Waals surface area contributed by atoms with Crippen molar-refractivity contribution in [2.45, 2.75) is 27.2 Å². The molecule has 0 aromatic carbocycles. The summed E-state index contributed by atoms with van der Waals surface area (Å²) in [6, 6.07) is 0. The molecule has 0 radical (unpaired) electrons. The number of halogens is 1. The normalized spacial score (nSPS) is 11.3. The van der Waals surface area contributed by atoms with E-state index in [9.17, 15) is 4.79 Å². The summed E-state index contributed by atoms with van der Waals surface area (Å²) in [5.74, 6) is 1.02. The van der Waals surface area contributed by atoms with Crippen LogP contribution in [0, 0.1) is 12.8 Å². The number of rotatable bonds is 3. The van der Waals surface area contributed by atoms with E-state index in [-0.39, 0.29) is 5.56 Å². The molecule has 0 atom stereocenters. The summed E-state index contributed by atoms with van der Waals surface area (Å²) in [6.45, 7) is 6.15. The molecule has 102 valence electrons. The van der Waals surface area contributed by atoms with Crippen molar-refractivity contribution < 1.29 is 0 Å². The number of aryl methyl sites for hydroxylation is 1. The van der Waals surface area contributed by atoms with Crippen molar-refractivity contribution in [3.8, 4) is 11.4 Å². The van der Waals surface area contributed by atoms with Gasteiger partial charge in [-0.25, -0.2) is 4.98 Å². The number of H-pyrrole nitrogens is 1. The third-order valence-corrected chi connectivity index (χ3v) is 3.84. The largest absolute Gasteiger partial charge is 0.305 e. The molecule has 0 saturated heterocycles. The third kappa shape index (κ3) is 2.78. The molecule has 1 N–H and O–H groups in total. The second kappa shape index (κ2) is 5.28. The standard InChI is InChI=1S/C13H17BrN4O/c1-7(2)5-10-11(14)13(19)17-12(16-10)9-6-15-18(4)8(9)3/h6-7H,5H2,1-4H3,(H,16,17,19). The molecule has 0 aliphatic heterocycles. The molecule has 0 aliphatic carbocycles. The van der Waals surface area contributed by atoms with Crippen LogP contribution in [0.25, 0.3) is 11.4 Å². The van der Waals surface area contributed by atoms with E-state index in [1.54, 1.807) is 10.9 Å². The van der Waals surface area contributed by atoms with Gasteiger partial charge in [0.25, 0.3) is 5.56 Å². The third-order valence-electron chi connectivity index (χ3n) is 3.02. The summed E-state index contributed by atoms with van der Waals surface area (Å²) in [4.78, 5) is 19.3. The van der Waals surface area contributed by atoms with Crippen LogP contribution in [0.1, 0.15) is 25.2 Å². The van der Waals surface area contributed by atoms with E-state index in [0.29, 0.717) is 16.2 Å². The van der Waals surface area contributed by atoms with E-state index < -0.39 is 0 Å². The van der Waals surface area contributed by atoms with Gasteiger partial charge in [-0.2, -0.15) is 5.10 Å². The van der Waals surface area contributed by atoms with Gasteiger partial charge in [0.15, 0.2) is 0 Å². The molecule has 5 nitrogen and oxygen atoms in total. The Kier molecular flexibility index (Phi) is 3.89. The predicted molar refractivity (Wildman–Crippen MR) is 78.0 cm³/mol. The van der Waals surface area contributed by atoms with Crippen LogP contribution in [0.5, 0.6) is 0 Å². The van der Waals surface area contributed by atoms with Gasteiger partial charge in [-0.15, -0.1) is 0 Å². The lowest BCUT2D eigenvalue weighted by Crippen LogP contribution is -2.15. The fourth-order valence-electron chi connectivity index (χ4n) is 1.89. The number of aromatic amines is 1. The fourth-order valence-corrected chi connectivity index (χ4v) is 2.24. The first kappa shape index (κ1) is 14.0. The summed E-state index contributed by atoms with van der Waals surface area (Å²) < 4.78 is 2.28. The average Bonchev–Trinajstić information content (AvgIpc) is 2.65. The Hall–Kier alpha value is -1.43. The van der Waals surface area contributed by atoms with Gasteiger partial charge in [0.1, 0.15) is 10.3 Å². The molecule has 6 heteroatoms. The molecule has 0 aliphatic rings. The summed E-state index contributed by atoms with van der Waals surface area (Å²) in [6.07, 6.45) is 2.48. The highest BCUT2D eigenvalue weighted by Crippen LogP contribution is 2.21. The molecule has 0 amide bonds. The average molecular weight is 325 g/mol. The van der Waals surface area contributed by atoms with Crippen LogP contribution in [0.4, 0.5) is 0 Å². The van der Waals surface area contributed by atoms with Crippen LogP contribution < -0.4 is 5.56 Å². The molecule has 0 fully saturated rings. The van der Waals surface area contributed by atoms with Gasteiger partial charge in [-0.3, -0.25) is 9.48 Å². The van der Waals surface area contributed by atoms with Crippen LogP contribution in [-0.2, 0) is 13.5 Å². The van der Waals surface area contributed by atoms with E-state index in [2.05, 4.69) is 44.8 Å². The van der Waals surface area contributed by atoms with Crippen LogP contribution in [-0.4, -0.2) is 19.7 Å². The van der Waals surface area contributed by atoms with Gasteiger partial charge in [-0.1, -0.05) is 13.8 Å². The molecule has 2 heterocycles. The SMILES string of the molecule is Cc1c(-c2nc(CC(C)C)c(Br)c(=O)[nH]2)cnn1C. The first-order chi connectivity index (χ1) is 8.90. The Balaban J connectivity index is 2.56. The van der Waals surface area contributed by atoms with Crippen molar-refractivity contribution >= 4 is 15.9 Å². The molecule has 0 bridgehead atoms. The van der Waals surface area contributed by atoms with Crippen LogP contribution >= 0.6 is 15.9 Å². The minimum absolute atomic E-state index is 0.149. The van der Waals surface area contributed by atoms with Crippen LogP contribution in [0.15, 0.2) is 15.5 Å². The molecular formula is C13H17BrN4O.